The monoisotopic (exact) mass is 398 g/mol. The lowest BCUT2D eigenvalue weighted by Crippen LogP contribution is -2.37. The first-order valence-corrected chi connectivity index (χ1v) is 10.2. The molecule has 1 aliphatic heterocycles. The van der Waals surface area contributed by atoms with Crippen molar-refractivity contribution < 1.29 is 27.9 Å². The molecule has 1 heterocycles. The third-order valence-electron chi connectivity index (χ3n) is 4.89. The van der Waals surface area contributed by atoms with Crippen LogP contribution in [0.2, 0.25) is 0 Å². The lowest BCUT2D eigenvalue weighted by Gasteiger charge is -2.24. The fraction of sp³-hybridized carbons (Fsp3) is 0.556. The van der Waals surface area contributed by atoms with Crippen LogP contribution in [0.4, 0.5) is 0 Å². The third-order valence-corrected chi connectivity index (χ3v) is 6.93. The Kier molecular flexibility index (Phi) is 6.61. The van der Waals surface area contributed by atoms with E-state index in [-0.39, 0.29) is 29.4 Å². The molecule has 27 heavy (non-hydrogen) atoms. The molecule has 9 heteroatoms. The summed E-state index contributed by atoms with van der Waals surface area (Å²) in [5.74, 6) is -1.31. The summed E-state index contributed by atoms with van der Waals surface area (Å²) in [4.78, 5) is 25.5. The van der Waals surface area contributed by atoms with E-state index in [0.29, 0.717) is 18.5 Å². The molecule has 1 aromatic carbocycles. The molecule has 1 aromatic rings. The first-order valence-electron chi connectivity index (χ1n) is 8.71. The van der Waals surface area contributed by atoms with Crippen LogP contribution in [0.25, 0.3) is 0 Å². The van der Waals surface area contributed by atoms with Crippen molar-refractivity contribution in [3.63, 3.8) is 0 Å². The number of benzene rings is 1. The highest BCUT2D eigenvalue weighted by Crippen LogP contribution is 2.25. The fourth-order valence-corrected chi connectivity index (χ4v) is 4.44. The Morgan fingerprint density at radius 3 is 2.37 bits per heavy atom. The average Bonchev–Trinajstić information content (AvgIpc) is 3.02. The highest BCUT2D eigenvalue weighted by molar-refractivity contribution is 7.89. The topological polar surface area (TPSA) is 104 Å². The first-order chi connectivity index (χ1) is 12.6. The Labute approximate surface area is 159 Å². The molecule has 1 saturated heterocycles. The van der Waals surface area contributed by atoms with E-state index < -0.39 is 22.0 Å². The largest absolute Gasteiger partial charge is 0.481 e. The number of carboxylic acids is 1. The smallest absolute Gasteiger partial charge is 0.305 e. The van der Waals surface area contributed by atoms with E-state index in [1.165, 1.54) is 47.6 Å². The normalized spacial score (nSPS) is 20.4. The number of carboxylic acid groups (broad SMARTS) is 1. The molecule has 0 radical (unpaired) electrons. The second-order valence-electron chi connectivity index (χ2n) is 6.94. The second kappa shape index (κ2) is 8.37. The van der Waals surface area contributed by atoms with E-state index in [4.69, 9.17) is 9.84 Å². The van der Waals surface area contributed by atoms with Crippen LogP contribution in [0.15, 0.2) is 29.2 Å². The summed E-state index contributed by atoms with van der Waals surface area (Å²) in [7, 11) is -0.595. The van der Waals surface area contributed by atoms with Crippen LogP contribution in [-0.4, -0.2) is 73.5 Å². The molecular weight excluding hydrogens is 372 g/mol. The molecule has 1 aliphatic rings. The van der Waals surface area contributed by atoms with Crippen LogP contribution in [-0.2, 0) is 19.6 Å². The zero-order valence-electron chi connectivity index (χ0n) is 16.0. The number of carbonyl (C=O) groups excluding carboxylic acids is 1. The number of nitrogens with zero attached hydrogens (tertiary/aromatic N) is 2. The predicted molar refractivity (Wildman–Crippen MR) is 99.0 cm³/mol. The van der Waals surface area contributed by atoms with Crippen LogP contribution >= 0.6 is 0 Å². The molecular formula is C18H26N2O6S. The Hall–Kier alpha value is -1.97. The van der Waals surface area contributed by atoms with Gasteiger partial charge in [0.25, 0.3) is 5.91 Å². The number of hydrogen-bond acceptors (Lipinski definition) is 5. The number of sulfonamides is 1. The number of hydrogen-bond donors (Lipinski definition) is 1. The van der Waals surface area contributed by atoms with Gasteiger partial charge < -0.3 is 14.7 Å². The number of methoxy groups -OCH3 is 1. The minimum atomic E-state index is -3.63. The fourth-order valence-electron chi connectivity index (χ4n) is 3.07. The predicted octanol–water partition coefficient (Wildman–Crippen LogP) is 1.42. The zero-order chi connectivity index (χ0) is 20.4. The molecule has 2 atom stereocenters. The van der Waals surface area contributed by atoms with Crippen molar-refractivity contribution in [2.45, 2.75) is 49.8 Å². The second-order valence-corrected chi connectivity index (χ2v) is 8.94. The number of likely N-dealkylation sites (tertiary alicyclic amines) is 1. The molecule has 150 valence electrons. The van der Waals surface area contributed by atoms with Crippen molar-refractivity contribution in [2.75, 3.05) is 20.7 Å². The van der Waals surface area contributed by atoms with E-state index >= 15 is 0 Å². The van der Waals surface area contributed by atoms with Gasteiger partial charge in [-0.2, -0.15) is 4.31 Å². The summed E-state index contributed by atoms with van der Waals surface area (Å²) >= 11 is 0. The Morgan fingerprint density at radius 2 is 1.89 bits per heavy atom. The number of carbonyl (C=O) groups is 2. The maximum absolute atomic E-state index is 12.8. The average molecular weight is 398 g/mol. The summed E-state index contributed by atoms with van der Waals surface area (Å²) < 4.78 is 31.6. The molecule has 2 rings (SSSR count). The standard InChI is InChI=1S/C18H26N2O6S/c1-12(2)19(3)27(24,25)16-7-5-13(6-8-16)18(23)20-11-15(26-4)9-14(20)10-17(21)22/h5-8,12,14-15H,9-11H2,1-4H3,(H,21,22). The molecule has 0 spiro atoms. The molecule has 8 nitrogen and oxygen atoms in total. The SMILES string of the molecule is COC1CC(CC(=O)O)N(C(=O)c2ccc(S(=O)(=O)N(C)C(C)C)cc2)C1. The van der Waals surface area contributed by atoms with Crippen molar-refractivity contribution in [3.05, 3.63) is 29.8 Å². The molecule has 0 bridgehead atoms. The maximum atomic E-state index is 12.8. The number of amides is 1. The van der Waals surface area contributed by atoms with Crippen LogP contribution in [0.1, 0.15) is 37.0 Å². The zero-order valence-corrected chi connectivity index (χ0v) is 16.8. The van der Waals surface area contributed by atoms with Crippen LogP contribution < -0.4 is 0 Å². The highest BCUT2D eigenvalue weighted by Gasteiger charge is 2.37. The minimum absolute atomic E-state index is 0.105. The molecule has 0 aliphatic carbocycles. The van der Waals surface area contributed by atoms with Gasteiger partial charge in [0.15, 0.2) is 0 Å². The highest BCUT2D eigenvalue weighted by atomic mass is 32.2. The van der Waals surface area contributed by atoms with E-state index in [9.17, 15) is 18.0 Å². The number of ether oxygens (including phenoxy) is 1. The molecule has 0 aromatic heterocycles. The lowest BCUT2D eigenvalue weighted by molar-refractivity contribution is -0.138. The number of rotatable bonds is 7. The van der Waals surface area contributed by atoms with Gasteiger partial charge >= 0.3 is 5.97 Å². The summed E-state index contributed by atoms with van der Waals surface area (Å²) in [6, 6.07) is 5.08. The van der Waals surface area contributed by atoms with Gasteiger partial charge in [0, 0.05) is 38.3 Å². The molecule has 1 fully saturated rings. The molecule has 1 N–H and O–H groups in total. The third kappa shape index (κ3) is 4.66. The van der Waals surface area contributed by atoms with E-state index in [0.717, 1.165) is 0 Å². The molecule has 1 amide bonds. The summed E-state index contributed by atoms with van der Waals surface area (Å²) in [6.07, 6.45) is 0.0925. The lowest BCUT2D eigenvalue weighted by atomic mass is 10.1. The van der Waals surface area contributed by atoms with Gasteiger partial charge in [-0.15, -0.1) is 0 Å². The van der Waals surface area contributed by atoms with Crippen LogP contribution in [0.5, 0.6) is 0 Å². The van der Waals surface area contributed by atoms with Crippen molar-refractivity contribution in [2.24, 2.45) is 0 Å². The van der Waals surface area contributed by atoms with Gasteiger partial charge in [-0.25, -0.2) is 8.42 Å². The Bertz CT molecular complexity index is 791. The quantitative estimate of drug-likeness (QED) is 0.745. The van der Waals surface area contributed by atoms with E-state index in [1.807, 2.05) is 0 Å². The van der Waals surface area contributed by atoms with Crippen LogP contribution in [0, 0.1) is 0 Å². The minimum Gasteiger partial charge on any atom is -0.481 e. The summed E-state index contributed by atoms with van der Waals surface area (Å²) in [6.45, 7) is 3.86. The molecule has 0 saturated carbocycles. The maximum Gasteiger partial charge on any atom is 0.305 e. The van der Waals surface area contributed by atoms with Crippen LogP contribution in [0.3, 0.4) is 0 Å². The summed E-state index contributed by atoms with van der Waals surface area (Å²) in [5, 5.41) is 9.08. The van der Waals surface area contributed by atoms with Gasteiger partial charge in [-0.3, -0.25) is 9.59 Å². The van der Waals surface area contributed by atoms with Gasteiger partial charge in [0.2, 0.25) is 10.0 Å². The number of aliphatic carboxylic acids is 1. The van der Waals surface area contributed by atoms with Crippen molar-refractivity contribution >= 4 is 21.9 Å². The summed E-state index contributed by atoms with van der Waals surface area (Å²) in [5.41, 5.74) is 0.313. The van der Waals surface area contributed by atoms with Gasteiger partial charge in [0.05, 0.1) is 17.4 Å². The van der Waals surface area contributed by atoms with Gasteiger partial charge in [-0.05, 0) is 44.5 Å². The van der Waals surface area contributed by atoms with Gasteiger partial charge in [0.1, 0.15) is 0 Å². The van der Waals surface area contributed by atoms with Crippen molar-refractivity contribution in [1.29, 1.82) is 0 Å². The van der Waals surface area contributed by atoms with Crippen molar-refractivity contribution in [3.8, 4) is 0 Å². The van der Waals surface area contributed by atoms with Gasteiger partial charge in [-0.1, -0.05) is 0 Å². The first kappa shape index (κ1) is 21.3. The van der Waals surface area contributed by atoms with E-state index in [2.05, 4.69) is 0 Å². The van der Waals surface area contributed by atoms with Crippen molar-refractivity contribution in [1.82, 2.24) is 9.21 Å². The van der Waals surface area contributed by atoms with E-state index in [1.54, 1.807) is 13.8 Å². The Morgan fingerprint density at radius 1 is 1.30 bits per heavy atom. The molecule has 2 unspecified atom stereocenters. The Balaban J connectivity index is 2.23.